The van der Waals surface area contributed by atoms with Crippen LogP contribution < -0.4 is 0 Å². The van der Waals surface area contributed by atoms with Gasteiger partial charge in [0.1, 0.15) is 0 Å². The molecule has 0 heteroatoms. The van der Waals surface area contributed by atoms with Crippen molar-refractivity contribution in [3.63, 3.8) is 0 Å². The average molecular weight is 325 g/mol. The van der Waals surface area contributed by atoms with Crippen LogP contribution in [-0.2, 0) is 0 Å². The van der Waals surface area contributed by atoms with Crippen molar-refractivity contribution in [3.8, 4) is 0 Å². The van der Waals surface area contributed by atoms with Crippen molar-refractivity contribution in [3.05, 3.63) is 0 Å². The molecule has 0 heterocycles. The minimum Gasteiger partial charge on any atom is -0.0651 e. The molecule has 0 N–H and O–H groups in total. The van der Waals surface area contributed by atoms with Gasteiger partial charge in [-0.15, -0.1) is 0 Å². The predicted molar refractivity (Wildman–Crippen MR) is 108 cm³/mol. The van der Waals surface area contributed by atoms with E-state index in [0.717, 1.165) is 29.6 Å². The van der Waals surface area contributed by atoms with Crippen LogP contribution in [0.1, 0.15) is 114 Å². The van der Waals surface area contributed by atoms with E-state index in [2.05, 4.69) is 62.3 Å². The van der Waals surface area contributed by atoms with Gasteiger partial charge in [-0.3, -0.25) is 0 Å². The van der Waals surface area contributed by atoms with E-state index in [1.165, 1.54) is 51.4 Å². The maximum Gasteiger partial charge on any atom is -0.0272 e. The van der Waals surface area contributed by atoms with Crippen LogP contribution in [0.3, 0.4) is 0 Å². The average Bonchev–Trinajstić information content (AvgIpc) is 2.45. The van der Waals surface area contributed by atoms with Crippen molar-refractivity contribution < 1.29 is 0 Å². The molecule has 0 aliphatic carbocycles. The Kier molecular flexibility index (Phi) is 11.5. The largest absolute Gasteiger partial charge is 0.0651 e. The van der Waals surface area contributed by atoms with Gasteiger partial charge < -0.3 is 0 Å². The highest BCUT2D eigenvalue weighted by molar-refractivity contribution is 4.86. The SMILES string of the molecule is CCC(CCCC(C)C)CCCC(C)(C(C)C)C(CC)C(C)C. The summed E-state index contributed by atoms with van der Waals surface area (Å²) >= 11 is 0. The number of hydrogen-bond donors (Lipinski definition) is 0. The Morgan fingerprint density at radius 3 is 1.70 bits per heavy atom. The molecule has 3 unspecified atom stereocenters. The molecule has 0 aromatic heterocycles. The fourth-order valence-electron chi connectivity index (χ4n) is 4.74. The Morgan fingerprint density at radius 1 is 0.739 bits per heavy atom. The van der Waals surface area contributed by atoms with Crippen molar-refractivity contribution in [1.29, 1.82) is 0 Å². The molecule has 0 saturated carbocycles. The van der Waals surface area contributed by atoms with Gasteiger partial charge in [0.2, 0.25) is 0 Å². The van der Waals surface area contributed by atoms with Crippen molar-refractivity contribution in [1.82, 2.24) is 0 Å². The molecule has 0 aromatic carbocycles. The lowest BCUT2D eigenvalue weighted by atomic mass is 9.61. The van der Waals surface area contributed by atoms with Gasteiger partial charge in [0.25, 0.3) is 0 Å². The maximum absolute atomic E-state index is 2.57. The molecule has 0 bridgehead atoms. The van der Waals surface area contributed by atoms with E-state index in [-0.39, 0.29) is 0 Å². The Bertz CT molecular complexity index is 276. The van der Waals surface area contributed by atoms with Crippen molar-refractivity contribution >= 4 is 0 Å². The van der Waals surface area contributed by atoms with Gasteiger partial charge in [0.15, 0.2) is 0 Å². The van der Waals surface area contributed by atoms with E-state index < -0.39 is 0 Å². The van der Waals surface area contributed by atoms with Crippen molar-refractivity contribution in [2.45, 2.75) is 114 Å². The first kappa shape index (κ1) is 23.0. The Balaban J connectivity index is 4.51. The molecule has 23 heavy (non-hydrogen) atoms. The van der Waals surface area contributed by atoms with Crippen LogP contribution in [0, 0.1) is 35.0 Å². The van der Waals surface area contributed by atoms with Gasteiger partial charge in [-0.05, 0) is 41.4 Å². The molecular weight excluding hydrogens is 276 g/mol. The van der Waals surface area contributed by atoms with E-state index in [4.69, 9.17) is 0 Å². The van der Waals surface area contributed by atoms with Crippen LogP contribution in [0.2, 0.25) is 0 Å². The van der Waals surface area contributed by atoms with Crippen LogP contribution in [0.5, 0.6) is 0 Å². The van der Waals surface area contributed by atoms with Gasteiger partial charge >= 0.3 is 0 Å². The molecule has 0 radical (unpaired) electrons. The first-order valence-electron chi connectivity index (χ1n) is 10.7. The summed E-state index contributed by atoms with van der Waals surface area (Å²) in [6, 6.07) is 0. The lowest BCUT2D eigenvalue weighted by Gasteiger charge is -2.44. The third-order valence-corrected chi connectivity index (χ3v) is 6.71. The molecule has 0 amide bonds. The Hall–Kier alpha value is 0. The number of rotatable bonds is 13. The Morgan fingerprint density at radius 2 is 1.30 bits per heavy atom. The summed E-state index contributed by atoms with van der Waals surface area (Å²) in [6.45, 7) is 21.8. The third-order valence-electron chi connectivity index (χ3n) is 6.71. The standard InChI is InChI=1S/C23H48/c1-10-21(15-12-14-18(3)4)16-13-17-23(9,20(7)8)22(11-2)19(5)6/h18-22H,10-17H2,1-9H3. The van der Waals surface area contributed by atoms with Gasteiger partial charge in [-0.1, -0.05) is 107 Å². The minimum atomic E-state index is 0.513. The van der Waals surface area contributed by atoms with E-state index in [1.54, 1.807) is 0 Å². The van der Waals surface area contributed by atoms with Gasteiger partial charge in [-0.25, -0.2) is 0 Å². The molecule has 0 nitrogen and oxygen atoms in total. The monoisotopic (exact) mass is 324 g/mol. The second kappa shape index (κ2) is 11.5. The van der Waals surface area contributed by atoms with Gasteiger partial charge in [0, 0.05) is 0 Å². The van der Waals surface area contributed by atoms with Crippen LogP contribution in [0.4, 0.5) is 0 Å². The van der Waals surface area contributed by atoms with Crippen molar-refractivity contribution in [2.75, 3.05) is 0 Å². The third kappa shape index (κ3) is 8.08. The smallest absolute Gasteiger partial charge is 0.0272 e. The lowest BCUT2D eigenvalue weighted by Crippen LogP contribution is -2.35. The topological polar surface area (TPSA) is 0 Å². The van der Waals surface area contributed by atoms with E-state index >= 15 is 0 Å². The lowest BCUT2D eigenvalue weighted by molar-refractivity contribution is 0.0576. The van der Waals surface area contributed by atoms with Crippen molar-refractivity contribution in [2.24, 2.45) is 35.0 Å². The highest BCUT2D eigenvalue weighted by atomic mass is 14.4. The fourth-order valence-corrected chi connectivity index (χ4v) is 4.74. The highest BCUT2D eigenvalue weighted by Gasteiger charge is 2.37. The molecule has 0 rings (SSSR count). The summed E-state index contributed by atoms with van der Waals surface area (Å²) in [6.07, 6.45) is 11.3. The molecule has 0 aromatic rings. The fraction of sp³-hybridized carbons (Fsp3) is 1.00. The molecular formula is C23H48. The zero-order valence-corrected chi connectivity index (χ0v) is 18.0. The van der Waals surface area contributed by atoms with E-state index in [0.29, 0.717) is 5.41 Å². The first-order valence-corrected chi connectivity index (χ1v) is 10.7. The van der Waals surface area contributed by atoms with Crippen LogP contribution in [0.15, 0.2) is 0 Å². The maximum atomic E-state index is 2.57. The highest BCUT2D eigenvalue weighted by Crippen LogP contribution is 2.45. The molecule has 3 atom stereocenters. The molecule has 0 fully saturated rings. The number of hydrogen-bond acceptors (Lipinski definition) is 0. The van der Waals surface area contributed by atoms with Crippen LogP contribution in [-0.4, -0.2) is 0 Å². The minimum absolute atomic E-state index is 0.513. The second-order valence-electron chi connectivity index (χ2n) is 9.41. The first-order chi connectivity index (χ1) is 10.7. The second-order valence-corrected chi connectivity index (χ2v) is 9.41. The summed E-state index contributed by atoms with van der Waals surface area (Å²) in [5.74, 6) is 4.29. The van der Waals surface area contributed by atoms with E-state index in [9.17, 15) is 0 Å². The normalized spacial score (nSPS) is 17.7. The molecule has 140 valence electrons. The zero-order chi connectivity index (χ0) is 18.0. The zero-order valence-electron chi connectivity index (χ0n) is 18.0. The predicted octanol–water partition coefficient (Wildman–Crippen LogP) is 8.35. The van der Waals surface area contributed by atoms with Crippen LogP contribution >= 0.6 is 0 Å². The Labute approximate surface area is 149 Å². The molecule has 0 aliphatic heterocycles. The van der Waals surface area contributed by atoms with Gasteiger partial charge in [-0.2, -0.15) is 0 Å². The van der Waals surface area contributed by atoms with Crippen LogP contribution in [0.25, 0.3) is 0 Å². The molecule has 0 saturated heterocycles. The quantitative estimate of drug-likeness (QED) is 0.319. The summed E-state index contributed by atoms with van der Waals surface area (Å²) in [4.78, 5) is 0. The summed E-state index contributed by atoms with van der Waals surface area (Å²) in [5.41, 5.74) is 0.513. The molecule has 0 spiro atoms. The van der Waals surface area contributed by atoms with Gasteiger partial charge in [0.05, 0.1) is 0 Å². The van der Waals surface area contributed by atoms with E-state index in [1.807, 2.05) is 0 Å². The molecule has 0 aliphatic rings. The summed E-state index contributed by atoms with van der Waals surface area (Å²) < 4.78 is 0. The summed E-state index contributed by atoms with van der Waals surface area (Å²) in [7, 11) is 0. The summed E-state index contributed by atoms with van der Waals surface area (Å²) in [5, 5.41) is 0.